The lowest BCUT2D eigenvalue weighted by Crippen LogP contribution is -2.47. The first kappa shape index (κ1) is 19.9. The number of hydrogen-bond donors (Lipinski definition) is 0. The van der Waals surface area contributed by atoms with E-state index in [2.05, 4.69) is 0 Å². The molecule has 28 heavy (non-hydrogen) atoms. The first-order valence-corrected chi connectivity index (χ1v) is 10.6. The van der Waals surface area contributed by atoms with E-state index in [1.54, 1.807) is 12.1 Å². The van der Waals surface area contributed by atoms with E-state index >= 15 is 0 Å². The highest BCUT2D eigenvalue weighted by Crippen LogP contribution is 2.17. The molecule has 3 rings (SSSR count). The van der Waals surface area contributed by atoms with E-state index in [9.17, 15) is 18.0 Å². The summed E-state index contributed by atoms with van der Waals surface area (Å²) in [7, 11) is -3.79. The Hall–Kier alpha value is -2.87. The summed E-state index contributed by atoms with van der Waals surface area (Å²) in [6, 6.07) is 15.5. The Morgan fingerprint density at radius 1 is 0.964 bits per heavy atom. The lowest BCUT2D eigenvalue weighted by Gasteiger charge is -2.27. The summed E-state index contributed by atoms with van der Waals surface area (Å²) in [5.41, 5.74) is 1.76. The number of hydrogen-bond acceptors (Lipinski definition) is 5. The molecular formula is C20H22N2O5S. The van der Waals surface area contributed by atoms with Gasteiger partial charge in [0.1, 0.15) is 12.4 Å². The minimum Gasteiger partial charge on any atom is -0.443 e. The third-order valence-corrected chi connectivity index (χ3v) is 6.05. The maximum Gasteiger partial charge on any atom is 0.429 e. The van der Waals surface area contributed by atoms with Crippen LogP contribution in [0.15, 0.2) is 59.5 Å². The summed E-state index contributed by atoms with van der Waals surface area (Å²) < 4.78 is 30.3. The molecule has 8 heteroatoms. The number of nitrogens with zero attached hydrogens (tertiary/aromatic N) is 2. The predicted octanol–water partition coefficient (Wildman–Crippen LogP) is 2.55. The lowest BCUT2D eigenvalue weighted by molar-refractivity contribution is -0.138. The molecule has 0 bridgehead atoms. The average molecular weight is 402 g/mol. The van der Waals surface area contributed by atoms with E-state index in [-0.39, 0.29) is 18.0 Å². The van der Waals surface area contributed by atoms with Crippen LogP contribution in [0.1, 0.15) is 17.5 Å². The number of sulfone groups is 1. The van der Waals surface area contributed by atoms with Crippen molar-refractivity contribution in [1.82, 2.24) is 10.0 Å². The molecular weight excluding hydrogens is 380 g/mol. The molecule has 0 aliphatic carbocycles. The lowest BCUT2D eigenvalue weighted by atomic mass is 10.2. The van der Waals surface area contributed by atoms with Gasteiger partial charge in [0.25, 0.3) is 5.91 Å². The van der Waals surface area contributed by atoms with Gasteiger partial charge in [-0.05, 0) is 31.0 Å². The summed E-state index contributed by atoms with van der Waals surface area (Å²) in [5, 5.41) is 2.34. The monoisotopic (exact) mass is 402 g/mol. The van der Waals surface area contributed by atoms with Crippen molar-refractivity contribution < 1.29 is 22.7 Å². The van der Waals surface area contributed by atoms with Crippen molar-refractivity contribution in [2.45, 2.75) is 24.8 Å². The molecule has 2 aromatic rings. The zero-order chi connectivity index (χ0) is 20.1. The predicted molar refractivity (Wildman–Crippen MR) is 103 cm³/mol. The Labute approximate surface area is 164 Å². The molecule has 2 amide bonds. The van der Waals surface area contributed by atoms with Crippen LogP contribution in [0.25, 0.3) is 0 Å². The minimum atomic E-state index is -3.79. The van der Waals surface area contributed by atoms with E-state index < -0.39 is 27.6 Å². The van der Waals surface area contributed by atoms with Gasteiger partial charge < -0.3 is 4.74 Å². The van der Waals surface area contributed by atoms with Crippen LogP contribution in [0.4, 0.5) is 4.79 Å². The Morgan fingerprint density at radius 2 is 1.61 bits per heavy atom. The molecule has 1 aliphatic heterocycles. The van der Waals surface area contributed by atoms with Crippen molar-refractivity contribution in [2.24, 2.45) is 0 Å². The van der Waals surface area contributed by atoms with E-state index in [0.29, 0.717) is 13.0 Å². The number of ether oxygens (including phenoxy) is 1. The molecule has 1 fully saturated rings. The Morgan fingerprint density at radius 3 is 2.29 bits per heavy atom. The fourth-order valence-electron chi connectivity index (χ4n) is 2.92. The van der Waals surface area contributed by atoms with Gasteiger partial charge in [-0.1, -0.05) is 48.0 Å². The quantitative estimate of drug-likeness (QED) is 0.767. The maximum atomic E-state index is 12.6. The van der Waals surface area contributed by atoms with Gasteiger partial charge in [-0.2, -0.15) is 0 Å². The van der Waals surface area contributed by atoms with Crippen molar-refractivity contribution in [3.63, 3.8) is 0 Å². The zero-order valence-electron chi connectivity index (χ0n) is 15.6. The van der Waals surface area contributed by atoms with E-state index in [4.69, 9.17) is 4.74 Å². The number of carbonyl (C=O) groups is 2. The van der Waals surface area contributed by atoms with E-state index in [1.807, 2.05) is 37.3 Å². The number of benzene rings is 2. The zero-order valence-corrected chi connectivity index (χ0v) is 16.4. The fourth-order valence-corrected chi connectivity index (χ4v) is 4.11. The summed E-state index contributed by atoms with van der Waals surface area (Å²) in [6.07, 6.45) is -0.0982. The molecule has 1 heterocycles. The van der Waals surface area contributed by atoms with Crippen molar-refractivity contribution in [3.05, 3.63) is 65.7 Å². The van der Waals surface area contributed by atoms with Crippen LogP contribution >= 0.6 is 0 Å². The number of hydrazine groups is 1. The molecule has 0 atom stereocenters. The average Bonchev–Trinajstić information content (AvgIpc) is 3.17. The molecule has 0 aromatic heterocycles. The summed E-state index contributed by atoms with van der Waals surface area (Å²) in [6.45, 7) is 2.53. The van der Waals surface area contributed by atoms with E-state index in [1.165, 1.54) is 22.2 Å². The van der Waals surface area contributed by atoms with Gasteiger partial charge in [-0.25, -0.2) is 23.2 Å². The van der Waals surface area contributed by atoms with Gasteiger partial charge in [-0.15, -0.1) is 0 Å². The smallest absolute Gasteiger partial charge is 0.429 e. The largest absolute Gasteiger partial charge is 0.443 e. The van der Waals surface area contributed by atoms with Crippen molar-refractivity contribution in [3.8, 4) is 0 Å². The Bertz CT molecular complexity index is 942. The standard InChI is InChI=1S/C20H22N2O5S/c1-16-8-10-18(11-9-16)28(25,26)15-19(23)21-12-5-13-22(21)20(24)27-14-17-6-3-2-4-7-17/h2-4,6-11H,5,12-15H2,1H3. The molecule has 0 radical (unpaired) electrons. The number of carbonyl (C=O) groups excluding carboxylic acids is 2. The molecule has 2 aromatic carbocycles. The maximum absolute atomic E-state index is 12.6. The number of amides is 2. The second kappa shape index (κ2) is 8.43. The molecule has 0 unspecified atom stereocenters. The van der Waals surface area contributed by atoms with Gasteiger partial charge in [0.05, 0.1) is 4.90 Å². The highest BCUT2D eigenvalue weighted by molar-refractivity contribution is 7.92. The molecule has 148 valence electrons. The fraction of sp³-hybridized carbons (Fsp3) is 0.300. The molecule has 1 saturated heterocycles. The molecule has 0 spiro atoms. The van der Waals surface area contributed by atoms with Crippen LogP contribution < -0.4 is 0 Å². The Kier molecular flexibility index (Phi) is 5.99. The third kappa shape index (κ3) is 4.69. The SMILES string of the molecule is Cc1ccc(S(=O)(=O)CC(=O)N2CCCN2C(=O)OCc2ccccc2)cc1. The normalized spacial score (nSPS) is 14.2. The van der Waals surface area contributed by atoms with Crippen LogP contribution in [0, 0.1) is 6.92 Å². The summed E-state index contributed by atoms with van der Waals surface area (Å²) >= 11 is 0. The van der Waals surface area contributed by atoms with Crippen molar-refractivity contribution >= 4 is 21.8 Å². The number of aryl methyl sites for hydroxylation is 1. The second-order valence-electron chi connectivity index (χ2n) is 6.61. The van der Waals surface area contributed by atoms with Crippen LogP contribution in [-0.2, 0) is 26.0 Å². The minimum absolute atomic E-state index is 0.0832. The van der Waals surface area contributed by atoms with Gasteiger partial charge in [0, 0.05) is 13.1 Å². The van der Waals surface area contributed by atoms with Crippen molar-refractivity contribution in [2.75, 3.05) is 18.8 Å². The van der Waals surface area contributed by atoms with Gasteiger partial charge in [0.2, 0.25) is 0 Å². The Balaban J connectivity index is 1.63. The van der Waals surface area contributed by atoms with Crippen LogP contribution in [0.3, 0.4) is 0 Å². The van der Waals surface area contributed by atoms with Gasteiger partial charge in [-0.3, -0.25) is 4.79 Å². The molecule has 0 saturated carbocycles. The van der Waals surface area contributed by atoms with Crippen LogP contribution in [0.5, 0.6) is 0 Å². The summed E-state index contributed by atoms with van der Waals surface area (Å²) in [5.74, 6) is -1.34. The number of rotatable bonds is 5. The molecule has 1 aliphatic rings. The first-order valence-electron chi connectivity index (χ1n) is 8.95. The van der Waals surface area contributed by atoms with Crippen molar-refractivity contribution in [1.29, 1.82) is 0 Å². The molecule has 0 N–H and O–H groups in total. The van der Waals surface area contributed by atoms with Gasteiger partial charge in [0.15, 0.2) is 9.84 Å². The first-order chi connectivity index (χ1) is 13.4. The highest BCUT2D eigenvalue weighted by Gasteiger charge is 2.34. The van der Waals surface area contributed by atoms with Crippen LogP contribution in [-0.4, -0.2) is 49.3 Å². The van der Waals surface area contributed by atoms with E-state index in [0.717, 1.165) is 11.1 Å². The third-order valence-electron chi connectivity index (χ3n) is 4.43. The molecule has 7 nitrogen and oxygen atoms in total. The van der Waals surface area contributed by atoms with Crippen LogP contribution in [0.2, 0.25) is 0 Å². The van der Waals surface area contributed by atoms with Gasteiger partial charge >= 0.3 is 6.09 Å². The topological polar surface area (TPSA) is 84.0 Å². The highest BCUT2D eigenvalue weighted by atomic mass is 32.2. The summed E-state index contributed by atoms with van der Waals surface area (Å²) in [4.78, 5) is 25.0. The second-order valence-corrected chi connectivity index (χ2v) is 8.60.